The van der Waals surface area contributed by atoms with Crippen molar-refractivity contribution in [3.8, 4) is 11.5 Å². The number of morpholine rings is 1. The smallest absolute Gasteiger partial charge is 0.127 e. The maximum atomic E-state index is 5.86. The molecule has 0 amide bonds. The second-order valence-electron chi connectivity index (χ2n) is 6.04. The molecule has 0 radical (unpaired) electrons. The fraction of sp³-hybridized carbons (Fsp3) is 0.647. The van der Waals surface area contributed by atoms with Gasteiger partial charge >= 0.3 is 0 Å². The first-order chi connectivity index (χ1) is 10.1. The van der Waals surface area contributed by atoms with Crippen molar-refractivity contribution in [3.63, 3.8) is 0 Å². The van der Waals surface area contributed by atoms with E-state index in [1.54, 1.807) is 14.2 Å². The second-order valence-corrected chi connectivity index (χ2v) is 6.04. The molecule has 1 heterocycles. The second kappa shape index (κ2) is 7.66. The van der Waals surface area contributed by atoms with Gasteiger partial charge in [0.05, 0.1) is 26.9 Å². The standard InChI is InChI=1S/C17H27NO3/c1-13(2)9-16-12-18(7-8-21-16)11-14-5-6-15(19-3)10-17(14)20-4/h5-6,10,13,16H,7-9,11-12H2,1-4H3/t16-/m0/s1. The molecular weight excluding hydrogens is 266 g/mol. The molecule has 1 fully saturated rings. The Kier molecular flexibility index (Phi) is 5.88. The van der Waals surface area contributed by atoms with E-state index >= 15 is 0 Å². The Morgan fingerprint density at radius 1 is 1.29 bits per heavy atom. The van der Waals surface area contributed by atoms with Gasteiger partial charge in [0, 0.05) is 31.3 Å². The van der Waals surface area contributed by atoms with Crippen LogP contribution in [0, 0.1) is 5.92 Å². The molecule has 1 saturated heterocycles. The summed E-state index contributed by atoms with van der Waals surface area (Å²) < 4.78 is 16.6. The van der Waals surface area contributed by atoms with E-state index in [1.807, 2.05) is 12.1 Å². The first-order valence-electron chi connectivity index (χ1n) is 7.67. The summed E-state index contributed by atoms with van der Waals surface area (Å²) >= 11 is 0. The van der Waals surface area contributed by atoms with Gasteiger partial charge in [-0.1, -0.05) is 19.9 Å². The van der Waals surface area contributed by atoms with Crippen molar-refractivity contribution in [3.05, 3.63) is 23.8 Å². The van der Waals surface area contributed by atoms with Crippen LogP contribution in [-0.4, -0.2) is 44.9 Å². The van der Waals surface area contributed by atoms with Crippen molar-refractivity contribution in [1.82, 2.24) is 4.90 Å². The van der Waals surface area contributed by atoms with E-state index in [0.29, 0.717) is 12.0 Å². The SMILES string of the molecule is COc1ccc(CN2CCO[C@@H](CC(C)C)C2)c(OC)c1. The van der Waals surface area contributed by atoms with E-state index in [0.717, 1.165) is 44.2 Å². The van der Waals surface area contributed by atoms with Crippen molar-refractivity contribution >= 4 is 0 Å². The Bertz CT molecular complexity index is 448. The van der Waals surface area contributed by atoms with Gasteiger partial charge in [0.2, 0.25) is 0 Å². The van der Waals surface area contributed by atoms with E-state index in [4.69, 9.17) is 14.2 Å². The number of ether oxygens (including phenoxy) is 3. The van der Waals surface area contributed by atoms with Crippen LogP contribution >= 0.6 is 0 Å². The Morgan fingerprint density at radius 2 is 2.10 bits per heavy atom. The lowest BCUT2D eigenvalue weighted by Gasteiger charge is -2.34. The molecule has 4 nitrogen and oxygen atoms in total. The predicted octanol–water partition coefficient (Wildman–Crippen LogP) is 2.95. The molecule has 0 unspecified atom stereocenters. The summed E-state index contributed by atoms with van der Waals surface area (Å²) in [7, 11) is 3.38. The lowest BCUT2D eigenvalue weighted by molar-refractivity contribution is -0.0401. The largest absolute Gasteiger partial charge is 0.497 e. The normalized spacial score (nSPS) is 19.8. The van der Waals surface area contributed by atoms with Crippen LogP contribution in [0.3, 0.4) is 0 Å². The highest BCUT2D eigenvalue weighted by Gasteiger charge is 2.22. The third-order valence-corrected chi connectivity index (χ3v) is 3.85. The van der Waals surface area contributed by atoms with Crippen LogP contribution in [0.25, 0.3) is 0 Å². The van der Waals surface area contributed by atoms with Gasteiger partial charge in [-0.3, -0.25) is 4.90 Å². The van der Waals surface area contributed by atoms with Gasteiger partial charge in [-0.15, -0.1) is 0 Å². The zero-order valence-electron chi connectivity index (χ0n) is 13.6. The summed E-state index contributed by atoms with van der Waals surface area (Å²) in [5.74, 6) is 2.39. The zero-order chi connectivity index (χ0) is 15.2. The highest BCUT2D eigenvalue weighted by Crippen LogP contribution is 2.26. The Labute approximate surface area is 128 Å². The van der Waals surface area contributed by atoms with Crippen LogP contribution in [0.5, 0.6) is 11.5 Å². The number of rotatable bonds is 6. The van der Waals surface area contributed by atoms with Crippen molar-refractivity contribution < 1.29 is 14.2 Å². The van der Waals surface area contributed by atoms with Crippen molar-refractivity contribution in [2.24, 2.45) is 5.92 Å². The molecular formula is C17H27NO3. The Morgan fingerprint density at radius 3 is 2.76 bits per heavy atom. The van der Waals surface area contributed by atoms with Crippen LogP contribution in [0.15, 0.2) is 18.2 Å². The average Bonchev–Trinajstić information content (AvgIpc) is 2.47. The van der Waals surface area contributed by atoms with E-state index in [2.05, 4.69) is 24.8 Å². The molecule has 1 aliphatic rings. The molecule has 1 atom stereocenters. The van der Waals surface area contributed by atoms with E-state index in [-0.39, 0.29) is 0 Å². The molecule has 1 aromatic rings. The quantitative estimate of drug-likeness (QED) is 0.807. The average molecular weight is 293 g/mol. The van der Waals surface area contributed by atoms with E-state index < -0.39 is 0 Å². The minimum Gasteiger partial charge on any atom is -0.497 e. The number of methoxy groups -OCH3 is 2. The van der Waals surface area contributed by atoms with Crippen LogP contribution in [-0.2, 0) is 11.3 Å². The molecule has 4 heteroatoms. The molecule has 2 rings (SSSR count). The highest BCUT2D eigenvalue weighted by atomic mass is 16.5. The summed E-state index contributed by atoms with van der Waals surface area (Å²) in [6.07, 6.45) is 1.47. The Balaban J connectivity index is 2.00. The number of nitrogens with zero attached hydrogens (tertiary/aromatic N) is 1. The fourth-order valence-electron chi connectivity index (χ4n) is 2.82. The molecule has 21 heavy (non-hydrogen) atoms. The molecule has 0 saturated carbocycles. The van der Waals surface area contributed by atoms with Crippen molar-refractivity contribution in [1.29, 1.82) is 0 Å². The summed E-state index contributed by atoms with van der Waals surface area (Å²) in [6.45, 7) is 8.17. The third-order valence-electron chi connectivity index (χ3n) is 3.85. The molecule has 0 aromatic heterocycles. The predicted molar refractivity (Wildman–Crippen MR) is 84.0 cm³/mol. The highest BCUT2D eigenvalue weighted by molar-refractivity contribution is 5.40. The topological polar surface area (TPSA) is 30.9 Å². The van der Waals surface area contributed by atoms with Gasteiger partial charge in [0.1, 0.15) is 11.5 Å². The van der Waals surface area contributed by atoms with Crippen LogP contribution in [0.1, 0.15) is 25.8 Å². The minimum absolute atomic E-state index is 0.350. The molecule has 0 N–H and O–H groups in total. The molecule has 1 aromatic carbocycles. The minimum atomic E-state index is 0.350. The van der Waals surface area contributed by atoms with Gasteiger partial charge in [0.15, 0.2) is 0 Å². The van der Waals surface area contributed by atoms with Crippen molar-refractivity contribution in [2.75, 3.05) is 33.9 Å². The van der Waals surface area contributed by atoms with Crippen LogP contribution < -0.4 is 9.47 Å². The number of hydrogen-bond acceptors (Lipinski definition) is 4. The zero-order valence-corrected chi connectivity index (χ0v) is 13.6. The first-order valence-corrected chi connectivity index (χ1v) is 7.67. The summed E-state index contributed by atoms with van der Waals surface area (Å²) in [6, 6.07) is 6.02. The van der Waals surface area contributed by atoms with Gasteiger partial charge in [-0.2, -0.15) is 0 Å². The summed E-state index contributed by atoms with van der Waals surface area (Å²) in [4.78, 5) is 2.45. The van der Waals surface area contributed by atoms with Crippen LogP contribution in [0.4, 0.5) is 0 Å². The van der Waals surface area contributed by atoms with E-state index in [1.165, 1.54) is 5.56 Å². The lowest BCUT2D eigenvalue weighted by Crippen LogP contribution is -2.42. The molecule has 0 spiro atoms. The van der Waals surface area contributed by atoms with Crippen LogP contribution in [0.2, 0.25) is 0 Å². The fourth-order valence-corrected chi connectivity index (χ4v) is 2.82. The maximum Gasteiger partial charge on any atom is 0.127 e. The maximum absolute atomic E-state index is 5.86. The number of hydrogen-bond donors (Lipinski definition) is 0. The monoisotopic (exact) mass is 293 g/mol. The Hall–Kier alpha value is -1.26. The van der Waals surface area contributed by atoms with Crippen molar-refractivity contribution in [2.45, 2.75) is 32.9 Å². The van der Waals surface area contributed by atoms with Gasteiger partial charge in [-0.25, -0.2) is 0 Å². The number of benzene rings is 1. The molecule has 0 bridgehead atoms. The van der Waals surface area contributed by atoms with Gasteiger partial charge < -0.3 is 14.2 Å². The third kappa shape index (κ3) is 4.61. The van der Waals surface area contributed by atoms with Gasteiger partial charge in [0.25, 0.3) is 0 Å². The molecule has 118 valence electrons. The lowest BCUT2D eigenvalue weighted by atomic mass is 10.0. The summed E-state index contributed by atoms with van der Waals surface area (Å²) in [5, 5.41) is 0. The molecule has 1 aliphatic heterocycles. The molecule has 0 aliphatic carbocycles. The summed E-state index contributed by atoms with van der Waals surface area (Å²) in [5.41, 5.74) is 1.20. The first kappa shape index (κ1) is 16.1. The van der Waals surface area contributed by atoms with E-state index in [9.17, 15) is 0 Å². The van der Waals surface area contributed by atoms with Gasteiger partial charge in [-0.05, 0) is 18.4 Å².